The zero-order valence-corrected chi connectivity index (χ0v) is 22.5. The maximum Gasteiger partial charge on any atom is 0.323 e. The molecule has 0 saturated carbocycles. The Morgan fingerprint density at radius 3 is 1.80 bits per heavy atom. The second-order valence-corrected chi connectivity index (χ2v) is 9.81. The van der Waals surface area contributed by atoms with E-state index in [0.29, 0.717) is 74.2 Å². The molecule has 12 nitrogen and oxygen atoms in total. The number of ketones is 1. The molecule has 0 radical (unpaired) electrons. The second-order valence-electron chi connectivity index (χ2n) is 9.81. The van der Waals surface area contributed by atoms with Gasteiger partial charge >= 0.3 is 6.03 Å². The van der Waals surface area contributed by atoms with Gasteiger partial charge < -0.3 is 35.0 Å². The fraction of sp³-hybridized carbons (Fsp3) is 0.393. The van der Waals surface area contributed by atoms with Gasteiger partial charge in [0, 0.05) is 35.6 Å². The fourth-order valence-corrected chi connectivity index (χ4v) is 4.62. The van der Waals surface area contributed by atoms with Crippen LogP contribution in [0.4, 0.5) is 28.1 Å². The van der Waals surface area contributed by atoms with Crippen LogP contribution in [0, 0.1) is 0 Å². The van der Waals surface area contributed by atoms with E-state index in [1.54, 1.807) is 36.4 Å². The number of morpholine rings is 2. The van der Waals surface area contributed by atoms with Crippen molar-refractivity contribution >= 4 is 35.1 Å². The largest absolute Gasteiger partial charge is 0.388 e. The van der Waals surface area contributed by atoms with Crippen LogP contribution in [0.5, 0.6) is 0 Å². The number of aliphatic hydroxyl groups excluding tert-OH is 1. The summed E-state index contributed by atoms with van der Waals surface area (Å²) in [7, 11) is 0. The van der Waals surface area contributed by atoms with Crippen LogP contribution in [0.15, 0.2) is 48.5 Å². The third-order valence-corrected chi connectivity index (χ3v) is 6.87. The summed E-state index contributed by atoms with van der Waals surface area (Å²) in [5.74, 6) is 1.39. The average Bonchev–Trinajstić information content (AvgIpc) is 2.97. The maximum atomic E-state index is 12.5. The van der Waals surface area contributed by atoms with E-state index in [9.17, 15) is 9.59 Å². The molecule has 2 saturated heterocycles. The summed E-state index contributed by atoms with van der Waals surface area (Å²) < 4.78 is 11.2. The molecule has 0 bridgehead atoms. The monoisotopic (exact) mass is 547 g/mol. The first kappa shape index (κ1) is 27.4. The van der Waals surface area contributed by atoms with Crippen molar-refractivity contribution in [3.8, 4) is 11.4 Å². The minimum Gasteiger partial charge on any atom is -0.388 e. The van der Waals surface area contributed by atoms with Crippen LogP contribution in [0.1, 0.15) is 24.2 Å². The van der Waals surface area contributed by atoms with Gasteiger partial charge in [0.1, 0.15) is 6.61 Å². The van der Waals surface area contributed by atoms with Gasteiger partial charge in [0.2, 0.25) is 11.9 Å². The number of rotatable bonds is 7. The maximum absolute atomic E-state index is 12.5. The molecule has 0 spiro atoms. The molecule has 2 fully saturated rings. The molecule has 40 heavy (non-hydrogen) atoms. The number of hydrogen-bond acceptors (Lipinski definition) is 10. The minimum absolute atomic E-state index is 0.135. The predicted octanol–water partition coefficient (Wildman–Crippen LogP) is 2.81. The van der Waals surface area contributed by atoms with Gasteiger partial charge in [0.05, 0.1) is 38.5 Å². The Hall–Kier alpha value is -4.13. The summed E-state index contributed by atoms with van der Waals surface area (Å²) in [6.07, 6.45) is 0. The summed E-state index contributed by atoms with van der Waals surface area (Å²) >= 11 is 0. The fourth-order valence-electron chi connectivity index (χ4n) is 4.62. The van der Waals surface area contributed by atoms with E-state index in [1.165, 1.54) is 0 Å². The molecular formula is C28H33N7O5. The molecule has 3 N–H and O–H groups in total. The Balaban J connectivity index is 1.33. The number of aliphatic hydroxyl groups is 1. The minimum atomic E-state index is -0.560. The first-order chi connectivity index (χ1) is 19.4. The Labute approximate surface area is 232 Å². The van der Waals surface area contributed by atoms with Crippen molar-refractivity contribution in [2.45, 2.75) is 25.9 Å². The van der Waals surface area contributed by atoms with E-state index >= 15 is 0 Å². The number of anilines is 4. The van der Waals surface area contributed by atoms with Crippen molar-refractivity contribution in [3.63, 3.8) is 0 Å². The standard InChI is InChI=1S/C28H33N7O5/c1-18-16-39-13-11-34(18)26-31-25(32-27(33-26)35-12-14-40-17-19(35)2)21-5-9-23(10-6-21)30-28(38)29-22-7-3-20(4-8-22)24(37)15-36/h3-10,18-19,36H,11-17H2,1-2H3,(H2,29,30,38)/t18-,19-/m1/s1. The number of aromatic nitrogens is 3. The van der Waals surface area contributed by atoms with Gasteiger partial charge in [-0.2, -0.15) is 15.0 Å². The van der Waals surface area contributed by atoms with Crippen LogP contribution in [0.2, 0.25) is 0 Å². The molecule has 210 valence electrons. The lowest BCUT2D eigenvalue weighted by Crippen LogP contribution is -2.46. The zero-order valence-electron chi connectivity index (χ0n) is 22.5. The smallest absolute Gasteiger partial charge is 0.323 e. The van der Waals surface area contributed by atoms with Crippen molar-refractivity contribution in [2.24, 2.45) is 0 Å². The van der Waals surface area contributed by atoms with Gasteiger partial charge in [0.25, 0.3) is 0 Å². The van der Waals surface area contributed by atoms with Crippen LogP contribution in [0.25, 0.3) is 11.4 Å². The number of carbonyl (C=O) groups excluding carboxylic acids is 2. The zero-order chi connectivity index (χ0) is 28.1. The number of urea groups is 1. The summed E-state index contributed by atoms with van der Waals surface area (Å²) in [4.78, 5) is 42.9. The van der Waals surface area contributed by atoms with Gasteiger partial charge in [-0.3, -0.25) is 4.79 Å². The molecule has 0 unspecified atom stereocenters. The molecule has 3 aromatic rings. The number of ether oxygens (including phenoxy) is 2. The van der Waals surface area contributed by atoms with Gasteiger partial charge in [-0.25, -0.2) is 4.79 Å². The van der Waals surface area contributed by atoms with Crippen LogP contribution < -0.4 is 20.4 Å². The Bertz CT molecular complexity index is 1300. The van der Waals surface area contributed by atoms with Gasteiger partial charge in [-0.1, -0.05) is 0 Å². The predicted molar refractivity (Wildman–Crippen MR) is 151 cm³/mol. The van der Waals surface area contributed by atoms with Crippen molar-refractivity contribution in [2.75, 3.05) is 66.6 Å². The number of benzene rings is 2. The third kappa shape index (κ3) is 6.36. The van der Waals surface area contributed by atoms with E-state index in [-0.39, 0.29) is 17.9 Å². The summed E-state index contributed by atoms with van der Waals surface area (Å²) in [5, 5.41) is 14.5. The molecule has 3 heterocycles. The Morgan fingerprint density at radius 2 is 1.32 bits per heavy atom. The van der Waals surface area contributed by atoms with Crippen LogP contribution >= 0.6 is 0 Å². The van der Waals surface area contributed by atoms with E-state index in [1.807, 2.05) is 12.1 Å². The number of carbonyl (C=O) groups is 2. The van der Waals surface area contributed by atoms with Crippen molar-refractivity contribution < 1.29 is 24.2 Å². The molecule has 2 aromatic carbocycles. The quantitative estimate of drug-likeness (QED) is 0.378. The Kier molecular flexibility index (Phi) is 8.48. The lowest BCUT2D eigenvalue weighted by Gasteiger charge is -2.36. The highest BCUT2D eigenvalue weighted by Crippen LogP contribution is 2.26. The molecule has 2 amide bonds. The van der Waals surface area contributed by atoms with Crippen LogP contribution in [-0.4, -0.2) is 90.1 Å². The van der Waals surface area contributed by atoms with Gasteiger partial charge in [-0.15, -0.1) is 0 Å². The Morgan fingerprint density at radius 1 is 0.825 bits per heavy atom. The number of nitrogens with zero attached hydrogens (tertiary/aromatic N) is 5. The van der Waals surface area contributed by atoms with E-state index in [2.05, 4.69) is 34.3 Å². The lowest BCUT2D eigenvalue weighted by atomic mass is 10.1. The molecule has 2 aliphatic rings. The van der Waals surface area contributed by atoms with Crippen molar-refractivity contribution in [1.29, 1.82) is 0 Å². The highest BCUT2D eigenvalue weighted by molar-refractivity contribution is 6.01. The van der Waals surface area contributed by atoms with Gasteiger partial charge in [0.15, 0.2) is 11.6 Å². The number of hydrogen-bond donors (Lipinski definition) is 3. The number of Topliss-reactive ketones (excluding diaryl/α,β-unsaturated/α-hetero) is 1. The van der Waals surface area contributed by atoms with Crippen LogP contribution in [-0.2, 0) is 9.47 Å². The summed E-state index contributed by atoms with van der Waals surface area (Å²) in [6.45, 7) is 7.46. The molecule has 2 atom stereocenters. The molecule has 12 heteroatoms. The highest BCUT2D eigenvalue weighted by Gasteiger charge is 2.27. The molecular weight excluding hydrogens is 514 g/mol. The SMILES string of the molecule is C[C@@H]1COCCN1c1nc(-c2ccc(NC(=O)Nc3ccc(C(=O)CO)cc3)cc2)nc(N2CCOC[C@H]2C)n1. The molecule has 2 aliphatic heterocycles. The summed E-state index contributed by atoms with van der Waals surface area (Å²) in [5.41, 5.74) is 2.27. The first-order valence-electron chi connectivity index (χ1n) is 13.3. The van der Waals surface area contributed by atoms with E-state index in [0.717, 1.165) is 5.56 Å². The lowest BCUT2D eigenvalue weighted by molar-refractivity contribution is 0.0903. The van der Waals surface area contributed by atoms with Crippen molar-refractivity contribution in [3.05, 3.63) is 54.1 Å². The van der Waals surface area contributed by atoms with Crippen LogP contribution in [0.3, 0.4) is 0 Å². The molecule has 1 aromatic heterocycles. The third-order valence-electron chi connectivity index (χ3n) is 6.87. The normalized spacial score (nSPS) is 19.3. The first-order valence-corrected chi connectivity index (χ1v) is 13.3. The topological polar surface area (TPSA) is 142 Å². The van der Waals surface area contributed by atoms with E-state index in [4.69, 9.17) is 29.5 Å². The highest BCUT2D eigenvalue weighted by atomic mass is 16.5. The van der Waals surface area contributed by atoms with Crippen molar-refractivity contribution in [1.82, 2.24) is 15.0 Å². The second kappa shape index (κ2) is 12.4. The van der Waals surface area contributed by atoms with E-state index < -0.39 is 12.6 Å². The summed E-state index contributed by atoms with van der Waals surface area (Å²) in [6, 6.07) is 13.4. The molecule has 5 rings (SSSR count). The van der Waals surface area contributed by atoms with Gasteiger partial charge in [-0.05, 0) is 62.4 Å². The molecule has 0 aliphatic carbocycles. The number of nitrogens with one attached hydrogen (secondary N) is 2. The average molecular weight is 548 g/mol. The number of amides is 2.